The van der Waals surface area contributed by atoms with Gasteiger partial charge in [-0.3, -0.25) is 4.90 Å². The molecule has 1 aliphatic heterocycles. The fourth-order valence-electron chi connectivity index (χ4n) is 2.75. The van der Waals surface area contributed by atoms with E-state index in [9.17, 15) is 0 Å². The molecule has 2 atom stereocenters. The van der Waals surface area contributed by atoms with Gasteiger partial charge in [0.05, 0.1) is 0 Å². The van der Waals surface area contributed by atoms with E-state index < -0.39 is 0 Å². The second-order valence-electron chi connectivity index (χ2n) is 5.39. The van der Waals surface area contributed by atoms with Gasteiger partial charge in [0.2, 0.25) is 0 Å². The average molecular weight is 182 g/mol. The van der Waals surface area contributed by atoms with Crippen molar-refractivity contribution >= 4 is 0 Å². The summed E-state index contributed by atoms with van der Waals surface area (Å²) in [5.41, 5.74) is 0.579. The van der Waals surface area contributed by atoms with Gasteiger partial charge in [-0.05, 0) is 18.4 Å². The second kappa shape index (κ2) is 2.96. The summed E-state index contributed by atoms with van der Waals surface area (Å²) in [4.78, 5) is 5.11. The first kappa shape index (κ1) is 9.47. The van der Waals surface area contributed by atoms with Crippen LogP contribution in [-0.4, -0.2) is 49.1 Å². The number of nitrogens with zero attached hydrogens (tertiary/aromatic N) is 2. The molecule has 0 bridgehead atoms. The predicted octanol–water partition coefficient (Wildman–Crippen LogP) is 1.28. The predicted molar refractivity (Wildman–Crippen MR) is 55.8 cm³/mol. The van der Waals surface area contributed by atoms with E-state index in [4.69, 9.17) is 0 Å². The van der Waals surface area contributed by atoms with Gasteiger partial charge in [0.25, 0.3) is 0 Å². The number of rotatable bonds is 1. The quantitative estimate of drug-likeness (QED) is 0.603. The molecule has 1 heterocycles. The summed E-state index contributed by atoms with van der Waals surface area (Å²) in [6.07, 6.45) is 0. The van der Waals surface area contributed by atoms with Crippen molar-refractivity contribution in [1.82, 2.24) is 9.80 Å². The van der Waals surface area contributed by atoms with E-state index in [1.807, 2.05) is 0 Å². The molecule has 1 aliphatic carbocycles. The van der Waals surface area contributed by atoms with E-state index >= 15 is 0 Å². The van der Waals surface area contributed by atoms with Crippen LogP contribution in [0.5, 0.6) is 0 Å². The highest BCUT2D eigenvalue weighted by molar-refractivity contribution is 5.09. The van der Waals surface area contributed by atoms with Crippen LogP contribution in [0.4, 0.5) is 0 Å². The van der Waals surface area contributed by atoms with Crippen molar-refractivity contribution in [2.75, 3.05) is 33.2 Å². The molecule has 76 valence electrons. The zero-order chi connectivity index (χ0) is 9.64. The van der Waals surface area contributed by atoms with Gasteiger partial charge in [0.1, 0.15) is 0 Å². The Balaban J connectivity index is 1.90. The SMILES string of the molecule is CC1C(N2CCN(C)CC2)C1(C)C. The first-order chi connectivity index (χ1) is 6.03. The summed E-state index contributed by atoms with van der Waals surface area (Å²) in [5, 5.41) is 0. The van der Waals surface area contributed by atoms with Crippen LogP contribution in [0.1, 0.15) is 20.8 Å². The number of hydrogen-bond acceptors (Lipinski definition) is 2. The standard InChI is InChI=1S/C11H22N2/c1-9-10(11(9,2)3)13-7-5-12(4)6-8-13/h9-10H,5-8H2,1-4H3. The minimum atomic E-state index is 0.579. The van der Waals surface area contributed by atoms with Gasteiger partial charge >= 0.3 is 0 Å². The van der Waals surface area contributed by atoms with Crippen molar-refractivity contribution in [3.63, 3.8) is 0 Å². The smallest absolute Gasteiger partial charge is 0.0182 e. The van der Waals surface area contributed by atoms with E-state index in [-0.39, 0.29) is 0 Å². The molecule has 2 heteroatoms. The Morgan fingerprint density at radius 3 is 1.92 bits per heavy atom. The summed E-state index contributed by atoms with van der Waals surface area (Å²) < 4.78 is 0. The second-order valence-corrected chi connectivity index (χ2v) is 5.39. The third-order valence-corrected chi connectivity index (χ3v) is 4.23. The third-order valence-electron chi connectivity index (χ3n) is 4.23. The number of hydrogen-bond donors (Lipinski definition) is 0. The Morgan fingerprint density at radius 2 is 1.54 bits per heavy atom. The Hall–Kier alpha value is -0.0800. The van der Waals surface area contributed by atoms with Crippen LogP contribution in [0.15, 0.2) is 0 Å². The van der Waals surface area contributed by atoms with Crippen LogP contribution in [-0.2, 0) is 0 Å². The molecule has 2 fully saturated rings. The van der Waals surface area contributed by atoms with Crippen molar-refractivity contribution in [3.8, 4) is 0 Å². The lowest BCUT2D eigenvalue weighted by molar-refractivity contribution is 0.133. The van der Waals surface area contributed by atoms with E-state index in [0.29, 0.717) is 5.41 Å². The van der Waals surface area contributed by atoms with Crippen molar-refractivity contribution in [2.45, 2.75) is 26.8 Å². The molecule has 1 saturated heterocycles. The minimum absolute atomic E-state index is 0.579. The van der Waals surface area contributed by atoms with Crippen molar-refractivity contribution in [2.24, 2.45) is 11.3 Å². The van der Waals surface area contributed by atoms with Gasteiger partial charge in [0.15, 0.2) is 0 Å². The number of likely N-dealkylation sites (N-methyl/N-ethyl adjacent to an activating group) is 1. The van der Waals surface area contributed by atoms with Gasteiger partial charge in [-0.2, -0.15) is 0 Å². The van der Waals surface area contributed by atoms with Gasteiger partial charge in [0, 0.05) is 32.2 Å². The lowest BCUT2D eigenvalue weighted by Gasteiger charge is -2.33. The molecule has 2 nitrogen and oxygen atoms in total. The monoisotopic (exact) mass is 182 g/mol. The molecule has 2 aliphatic rings. The molecule has 1 saturated carbocycles. The first-order valence-electron chi connectivity index (χ1n) is 5.46. The molecule has 0 aromatic heterocycles. The van der Waals surface area contributed by atoms with Gasteiger partial charge in [-0.1, -0.05) is 20.8 Å². The van der Waals surface area contributed by atoms with Crippen LogP contribution >= 0.6 is 0 Å². The van der Waals surface area contributed by atoms with Crippen LogP contribution in [0.25, 0.3) is 0 Å². The van der Waals surface area contributed by atoms with Crippen molar-refractivity contribution < 1.29 is 0 Å². The Kier molecular flexibility index (Phi) is 2.16. The summed E-state index contributed by atoms with van der Waals surface area (Å²) >= 11 is 0. The molecule has 2 unspecified atom stereocenters. The maximum Gasteiger partial charge on any atom is 0.0182 e. The Labute approximate surface area is 81.9 Å². The fourth-order valence-corrected chi connectivity index (χ4v) is 2.75. The molecule has 13 heavy (non-hydrogen) atoms. The largest absolute Gasteiger partial charge is 0.304 e. The van der Waals surface area contributed by atoms with Crippen LogP contribution in [0, 0.1) is 11.3 Å². The van der Waals surface area contributed by atoms with E-state index in [2.05, 4.69) is 37.6 Å². The molecule has 0 spiro atoms. The van der Waals surface area contributed by atoms with Gasteiger partial charge in [-0.25, -0.2) is 0 Å². The molecule has 0 radical (unpaired) electrons. The molecular weight excluding hydrogens is 160 g/mol. The van der Waals surface area contributed by atoms with Crippen molar-refractivity contribution in [1.29, 1.82) is 0 Å². The molecule has 0 aromatic rings. The lowest BCUT2D eigenvalue weighted by atomic mass is 10.1. The summed E-state index contributed by atoms with van der Waals surface area (Å²) in [7, 11) is 2.22. The average Bonchev–Trinajstić information content (AvgIpc) is 2.55. The highest BCUT2D eigenvalue weighted by Gasteiger charge is 2.57. The highest BCUT2D eigenvalue weighted by atomic mass is 15.3. The first-order valence-corrected chi connectivity index (χ1v) is 5.46. The summed E-state index contributed by atoms with van der Waals surface area (Å²) in [5.74, 6) is 0.899. The summed E-state index contributed by atoms with van der Waals surface area (Å²) in [6.45, 7) is 12.2. The van der Waals surface area contributed by atoms with Crippen LogP contribution < -0.4 is 0 Å². The molecular formula is C11H22N2. The molecule has 0 amide bonds. The van der Waals surface area contributed by atoms with Crippen LogP contribution in [0.2, 0.25) is 0 Å². The minimum Gasteiger partial charge on any atom is -0.304 e. The fraction of sp³-hybridized carbons (Fsp3) is 1.00. The highest BCUT2D eigenvalue weighted by Crippen LogP contribution is 2.54. The van der Waals surface area contributed by atoms with Gasteiger partial charge in [-0.15, -0.1) is 0 Å². The molecule has 0 aromatic carbocycles. The third kappa shape index (κ3) is 1.50. The van der Waals surface area contributed by atoms with E-state index in [1.165, 1.54) is 26.2 Å². The maximum atomic E-state index is 2.69. The zero-order valence-electron chi connectivity index (χ0n) is 9.38. The topological polar surface area (TPSA) is 6.48 Å². The van der Waals surface area contributed by atoms with Crippen molar-refractivity contribution in [3.05, 3.63) is 0 Å². The van der Waals surface area contributed by atoms with Crippen LogP contribution in [0.3, 0.4) is 0 Å². The Bertz CT molecular complexity index is 192. The number of piperazine rings is 1. The normalized spacial score (nSPS) is 40.6. The van der Waals surface area contributed by atoms with E-state index in [0.717, 1.165) is 12.0 Å². The van der Waals surface area contributed by atoms with Gasteiger partial charge < -0.3 is 4.90 Å². The maximum absolute atomic E-state index is 2.69. The lowest BCUT2D eigenvalue weighted by Crippen LogP contribution is -2.46. The Morgan fingerprint density at radius 1 is 1.08 bits per heavy atom. The molecule has 0 N–H and O–H groups in total. The summed E-state index contributed by atoms with van der Waals surface area (Å²) in [6, 6.07) is 0.862. The zero-order valence-corrected chi connectivity index (χ0v) is 9.38. The molecule has 2 rings (SSSR count). The van der Waals surface area contributed by atoms with E-state index in [1.54, 1.807) is 0 Å².